The van der Waals surface area contributed by atoms with Gasteiger partial charge in [-0.2, -0.15) is 0 Å². The minimum absolute atomic E-state index is 0.0185. The van der Waals surface area contributed by atoms with E-state index in [2.05, 4.69) is 4.99 Å². The van der Waals surface area contributed by atoms with Gasteiger partial charge in [0.25, 0.3) is 0 Å². The van der Waals surface area contributed by atoms with Crippen LogP contribution in [0, 0.1) is 0 Å². The summed E-state index contributed by atoms with van der Waals surface area (Å²) < 4.78 is 4.90. The Balaban J connectivity index is 2.34. The van der Waals surface area contributed by atoms with E-state index >= 15 is 0 Å². The van der Waals surface area contributed by atoms with Gasteiger partial charge in [0.05, 0.1) is 0 Å². The molecule has 0 fully saturated rings. The molecule has 0 amide bonds. The summed E-state index contributed by atoms with van der Waals surface area (Å²) in [7, 11) is 1.64. The van der Waals surface area contributed by atoms with Crippen LogP contribution in [0.5, 0.6) is 0 Å². The SMILES string of the molecule is COC1CC(N)C=N1. The van der Waals surface area contributed by atoms with Gasteiger partial charge in [-0.25, -0.2) is 0 Å². The number of rotatable bonds is 1. The lowest BCUT2D eigenvalue weighted by atomic mass is 10.3. The highest BCUT2D eigenvalue weighted by atomic mass is 16.5. The number of hydrogen-bond acceptors (Lipinski definition) is 3. The standard InChI is InChI=1S/C5H10N2O/c1-8-5-2-4(6)3-7-5/h3-5H,2,6H2,1H3. The van der Waals surface area contributed by atoms with E-state index in [9.17, 15) is 0 Å². The first kappa shape index (κ1) is 5.72. The molecule has 8 heavy (non-hydrogen) atoms. The second-order valence-corrected chi connectivity index (χ2v) is 1.89. The summed E-state index contributed by atoms with van der Waals surface area (Å²) in [6.07, 6.45) is 2.58. The third-order valence-electron chi connectivity index (χ3n) is 1.19. The van der Waals surface area contributed by atoms with E-state index in [0.29, 0.717) is 0 Å². The maximum atomic E-state index is 5.47. The van der Waals surface area contributed by atoms with Crippen LogP contribution in [0.15, 0.2) is 4.99 Å². The van der Waals surface area contributed by atoms with Crippen molar-refractivity contribution in [1.82, 2.24) is 0 Å². The van der Waals surface area contributed by atoms with Gasteiger partial charge >= 0.3 is 0 Å². The van der Waals surface area contributed by atoms with Gasteiger partial charge in [0, 0.05) is 25.8 Å². The van der Waals surface area contributed by atoms with Gasteiger partial charge in [0.15, 0.2) is 0 Å². The van der Waals surface area contributed by atoms with E-state index in [1.54, 1.807) is 13.3 Å². The van der Waals surface area contributed by atoms with E-state index < -0.39 is 0 Å². The van der Waals surface area contributed by atoms with Crippen molar-refractivity contribution in [3.63, 3.8) is 0 Å². The molecule has 0 spiro atoms. The normalized spacial score (nSPS) is 36.2. The highest BCUT2D eigenvalue weighted by molar-refractivity contribution is 5.66. The molecule has 0 bridgehead atoms. The molecule has 1 aliphatic rings. The molecule has 1 rings (SSSR count). The summed E-state index contributed by atoms with van der Waals surface area (Å²) in [6, 6.07) is 0.111. The fourth-order valence-corrected chi connectivity index (χ4v) is 0.718. The Hall–Kier alpha value is -0.410. The Morgan fingerprint density at radius 3 is 2.88 bits per heavy atom. The maximum absolute atomic E-state index is 5.47. The van der Waals surface area contributed by atoms with Gasteiger partial charge in [-0.1, -0.05) is 0 Å². The van der Waals surface area contributed by atoms with Gasteiger partial charge in [0.1, 0.15) is 6.23 Å². The van der Waals surface area contributed by atoms with E-state index in [1.165, 1.54) is 0 Å². The first-order valence-corrected chi connectivity index (χ1v) is 2.64. The largest absolute Gasteiger partial charge is 0.360 e. The molecule has 0 saturated carbocycles. The number of methoxy groups -OCH3 is 1. The summed E-state index contributed by atoms with van der Waals surface area (Å²) in [4.78, 5) is 3.96. The number of nitrogens with zero attached hydrogens (tertiary/aromatic N) is 1. The molecule has 0 aromatic rings. The number of nitrogens with two attached hydrogens (primary N) is 1. The van der Waals surface area contributed by atoms with Crippen molar-refractivity contribution < 1.29 is 4.74 Å². The zero-order valence-corrected chi connectivity index (χ0v) is 4.87. The fourth-order valence-electron chi connectivity index (χ4n) is 0.718. The van der Waals surface area contributed by atoms with Crippen molar-refractivity contribution in [1.29, 1.82) is 0 Å². The quantitative estimate of drug-likeness (QED) is 0.511. The molecule has 0 radical (unpaired) electrons. The van der Waals surface area contributed by atoms with Crippen LogP contribution in [0.2, 0.25) is 0 Å². The molecule has 1 aliphatic heterocycles. The number of ether oxygens (including phenoxy) is 1. The van der Waals surface area contributed by atoms with Gasteiger partial charge in [0.2, 0.25) is 0 Å². The highest BCUT2D eigenvalue weighted by Gasteiger charge is 2.14. The van der Waals surface area contributed by atoms with Crippen LogP contribution in [0.25, 0.3) is 0 Å². The number of aliphatic imine (C=N–C) groups is 1. The van der Waals surface area contributed by atoms with Crippen molar-refractivity contribution >= 4 is 6.21 Å². The van der Waals surface area contributed by atoms with E-state index in [0.717, 1.165) is 6.42 Å². The van der Waals surface area contributed by atoms with E-state index in [4.69, 9.17) is 10.5 Å². The monoisotopic (exact) mass is 114 g/mol. The highest BCUT2D eigenvalue weighted by Crippen LogP contribution is 2.06. The van der Waals surface area contributed by atoms with Gasteiger partial charge in [-0.05, 0) is 0 Å². The molecule has 3 nitrogen and oxygen atoms in total. The Morgan fingerprint density at radius 2 is 2.62 bits per heavy atom. The second kappa shape index (κ2) is 2.24. The summed E-state index contributed by atoms with van der Waals surface area (Å²) >= 11 is 0. The van der Waals surface area contributed by atoms with Crippen LogP contribution in [-0.4, -0.2) is 25.6 Å². The van der Waals surface area contributed by atoms with Crippen molar-refractivity contribution in [2.24, 2.45) is 10.7 Å². The Labute approximate surface area is 48.5 Å². The smallest absolute Gasteiger partial charge is 0.149 e. The zero-order valence-electron chi connectivity index (χ0n) is 4.87. The third kappa shape index (κ3) is 1.05. The molecule has 46 valence electrons. The molecule has 2 N–H and O–H groups in total. The lowest BCUT2D eigenvalue weighted by molar-refractivity contribution is 0.110. The zero-order chi connectivity index (χ0) is 5.98. The lowest BCUT2D eigenvalue weighted by Gasteiger charge is -2.02. The summed E-state index contributed by atoms with van der Waals surface area (Å²) in [5.74, 6) is 0. The predicted octanol–water partition coefficient (Wildman–Crippen LogP) is -0.239. The second-order valence-electron chi connectivity index (χ2n) is 1.89. The van der Waals surface area contributed by atoms with Crippen LogP contribution < -0.4 is 5.73 Å². The van der Waals surface area contributed by atoms with Crippen LogP contribution in [0.4, 0.5) is 0 Å². The molecule has 0 saturated heterocycles. The molecule has 2 atom stereocenters. The molecule has 0 aromatic heterocycles. The molecule has 2 unspecified atom stereocenters. The minimum atomic E-state index is 0.0185. The fraction of sp³-hybridized carbons (Fsp3) is 0.800. The number of hydrogen-bond donors (Lipinski definition) is 1. The Morgan fingerprint density at radius 1 is 1.88 bits per heavy atom. The third-order valence-corrected chi connectivity index (χ3v) is 1.19. The molecule has 0 aliphatic carbocycles. The Kier molecular flexibility index (Phi) is 1.60. The minimum Gasteiger partial charge on any atom is -0.360 e. The Bertz CT molecular complexity index is 103. The van der Waals surface area contributed by atoms with E-state index in [1.807, 2.05) is 0 Å². The summed E-state index contributed by atoms with van der Waals surface area (Å²) in [5, 5.41) is 0. The first-order valence-electron chi connectivity index (χ1n) is 2.64. The molecular formula is C5H10N2O. The lowest BCUT2D eigenvalue weighted by Crippen LogP contribution is -2.20. The van der Waals surface area contributed by atoms with Gasteiger partial charge < -0.3 is 10.5 Å². The van der Waals surface area contributed by atoms with E-state index in [-0.39, 0.29) is 12.3 Å². The van der Waals surface area contributed by atoms with Crippen LogP contribution in [0.1, 0.15) is 6.42 Å². The molecule has 3 heteroatoms. The topological polar surface area (TPSA) is 47.6 Å². The van der Waals surface area contributed by atoms with Gasteiger partial charge in [-0.15, -0.1) is 0 Å². The van der Waals surface area contributed by atoms with Gasteiger partial charge in [-0.3, -0.25) is 4.99 Å². The first-order chi connectivity index (χ1) is 3.83. The van der Waals surface area contributed by atoms with Crippen molar-refractivity contribution in [3.8, 4) is 0 Å². The predicted molar refractivity (Wildman–Crippen MR) is 31.9 cm³/mol. The average molecular weight is 114 g/mol. The van der Waals surface area contributed by atoms with Crippen LogP contribution in [0.3, 0.4) is 0 Å². The van der Waals surface area contributed by atoms with Crippen molar-refractivity contribution in [2.45, 2.75) is 18.7 Å². The van der Waals surface area contributed by atoms with Crippen LogP contribution in [-0.2, 0) is 4.74 Å². The van der Waals surface area contributed by atoms with Crippen LogP contribution >= 0.6 is 0 Å². The molecule has 0 aromatic carbocycles. The maximum Gasteiger partial charge on any atom is 0.149 e. The van der Waals surface area contributed by atoms with Crippen molar-refractivity contribution in [2.75, 3.05) is 7.11 Å². The van der Waals surface area contributed by atoms with Crippen molar-refractivity contribution in [3.05, 3.63) is 0 Å². The summed E-state index contributed by atoms with van der Waals surface area (Å²) in [5.41, 5.74) is 5.47. The average Bonchev–Trinajstić information content (AvgIpc) is 2.14. The molecular weight excluding hydrogens is 104 g/mol. The molecule has 1 heterocycles. The summed E-state index contributed by atoms with van der Waals surface area (Å²) in [6.45, 7) is 0.